The highest BCUT2D eigenvalue weighted by Crippen LogP contribution is 2.44. The van der Waals surface area contributed by atoms with Crippen LogP contribution in [0, 0.1) is 0 Å². The number of hydrogen-bond acceptors (Lipinski definition) is 11. The molecule has 0 atom stereocenters. The van der Waals surface area contributed by atoms with Crippen molar-refractivity contribution in [2.45, 2.75) is 138 Å². The third-order valence-electron chi connectivity index (χ3n) is 4.94. The van der Waals surface area contributed by atoms with Crippen molar-refractivity contribution < 1.29 is 26.6 Å². The second-order valence-corrected chi connectivity index (χ2v) is 16.6. The van der Waals surface area contributed by atoms with Gasteiger partial charge in [0.05, 0.1) is 0 Å². The molecule has 0 aromatic carbocycles. The maximum atomic E-state index is 8.97. The standard InChI is InChI=1S/C24H49N7O6Si2/c1-14-24(29-22-26-15-27-23(28-22)30-31-25,38(32-16(2)3,33-17(4)5)34-18(6)7)39(35-19(8)9,36-20(10)11)37-21(12)13/h15-21H,14H2,1-13H3,(H,26,27,28,29). The molecule has 0 saturated heterocycles. The second kappa shape index (κ2) is 15.4. The minimum atomic E-state index is -3.95. The van der Waals surface area contributed by atoms with Gasteiger partial charge in [-0.15, -0.1) is 0 Å². The molecule has 0 aliphatic rings. The van der Waals surface area contributed by atoms with Crippen molar-refractivity contribution >= 4 is 29.5 Å². The monoisotopic (exact) mass is 587 g/mol. The fraction of sp³-hybridized carbons (Fsp3) is 0.875. The van der Waals surface area contributed by atoms with Crippen LogP contribution in [0.25, 0.3) is 10.4 Å². The Kier molecular flexibility index (Phi) is 13.9. The van der Waals surface area contributed by atoms with Gasteiger partial charge in [-0.25, -0.2) is 9.97 Å². The van der Waals surface area contributed by atoms with Crippen molar-refractivity contribution in [3.8, 4) is 0 Å². The van der Waals surface area contributed by atoms with E-state index in [1.54, 1.807) is 0 Å². The van der Waals surface area contributed by atoms with Crippen LogP contribution in [0.4, 0.5) is 11.9 Å². The molecule has 1 aromatic heterocycles. The fourth-order valence-corrected chi connectivity index (χ4v) is 13.3. The number of nitrogens with zero attached hydrogens (tertiary/aromatic N) is 6. The van der Waals surface area contributed by atoms with Crippen LogP contribution in [0.1, 0.15) is 96.4 Å². The zero-order valence-electron chi connectivity index (χ0n) is 25.9. The molecule has 1 aromatic rings. The lowest BCUT2D eigenvalue weighted by atomic mass is 10.4. The number of azide groups is 1. The van der Waals surface area contributed by atoms with E-state index in [1.165, 1.54) is 6.33 Å². The van der Waals surface area contributed by atoms with Gasteiger partial charge in [0.2, 0.25) is 11.9 Å². The van der Waals surface area contributed by atoms with Crippen LogP contribution in [0.5, 0.6) is 0 Å². The highest BCUT2D eigenvalue weighted by atomic mass is 28.5. The number of anilines is 1. The first-order valence-electron chi connectivity index (χ1n) is 13.7. The summed E-state index contributed by atoms with van der Waals surface area (Å²) in [4.78, 5) is 14.1. The van der Waals surface area contributed by atoms with E-state index in [9.17, 15) is 0 Å². The number of aromatic nitrogens is 3. The predicted octanol–water partition coefficient (Wildman–Crippen LogP) is 5.88. The number of hydrogen-bond donors (Lipinski definition) is 1. The van der Waals surface area contributed by atoms with Gasteiger partial charge in [-0.05, 0) is 100 Å². The van der Waals surface area contributed by atoms with Crippen LogP contribution < -0.4 is 5.32 Å². The Morgan fingerprint density at radius 3 is 1.38 bits per heavy atom. The van der Waals surface area contributed by atoms with E-state index in [4.69, 9.17) is 32.1 Å². The highest BCUT2D eigenvalue weighted by molar-refractivity contribution is 6.86. The van der Waals surface area contributed by atoms with E-state index >= 15 is 0 Å². The summed E-state index contributed by atoms with van der Waals surface area (Å²) in [5.41, 5.74) is 8.97. The van der Waals surface area contributed by atoms with Gasteiger partial charge in [-0.3, -0.25) is 0 Å². The van der Waals surface area contributed by atoms with Crippen molar-refractivity contribution in [2.24, 2.45) is 5.11 Å². The smallest absolute Gasteiger partial charge is 0.370 e. The Morgan fingerprint density at radius 2 is 1.10 bits per heavy atom. The average Bonchev–Trinajstić information content (AvgIpc) is 2.74. The zero-order valence-corrected chi connectivity index (χ0v) is 27.9. The average molecular weight is 588 g/mol. The third kappa shape index (κ3) is 9.44. The van der Waals surface area contributed by atoms with Crippen LogP contribution >= 0.6 is 0 Å². The minimum absolute atomic E-state index is 0.0989. The lowest BCUT2D eigenvalue weighted by Crippen LogP contribution is -2.84. The van der Waals surface area contributed by atoms with E-state index in [0.29, 0.717) is 6.42 Å². The van der Waals surface area contributed by atoms with Crippen molar-refractivity contribution in [3.05, 3.63) is 16.8 Å². The Bertz CT molecular complexity index is 839. The quantitative estimate of drug-likeness (QED) is 0.0952. The lowest BCUT2D eigenvalue weighted by molar-refractivity contribution is -0.0425. The Labute approximate surface area is 236 Å². The molecule has 0 amide bonds. The lowest BCUT2D eigenvalue weighted by Gasteiger charge is -2.54. The molecule has 0 spiro atoms. The first kappa shape index (κ1) is 35.3. The van der Waals surface area contributed by atoms with Gasteiger partial charge < -0.3 is 31.9 Å². The molecular formula is C24H49N7O6Si2. The molecule has 1 rings (SSSR count). The van der Waals surface area contributed by atoms with Gasteiger partial charge in [-0.1, -0.05) is 6.92 Å². The summed E-state index contributed by atoms with van der Waals surface area (Å²) in [6, 6.07) is 0. The van der Waals surface area contributed by atoms with Gasteiger partial charge in [0.15, 0.2) is 4.79 Å². The molecule has 15 heteroatoms. The van der Waals surface area contributed by atoms with Crippen LogP contribution in [0.15, 0.2) is 11.4 Å². The highest BCUT2D eigenvalue weighted by Gasteiger charge is 2.79. The zero-order chi connectivity index (χ0) is 30.0. The maximum Gasteiger partial charge on any atom is 0.533 e. The molecular weight excluding hydrogens is 538 g/mol. The van der Waals surface area contributed by atoms with Gasteiger partial charge >= 0.3 is 17.6 Å². The number of nitrogens with one attached hydrogen (secondary N) is 1. The molecule has 1 heterocycles. The molecule has 0 aliphatic heterocycles. The van der Waals surface area contributed by atoms with Crippen LogP contribution in [-0.2, 0) is 26.6 Å². The van der Waals surface area contributed by atoms with Crippen molar-refractivity contribution in [1.29, 1.82) is 0 Å². The molecule has 224 valence electrons. The molecule has 0 aliphatic carbocycles. The largest absolute Gasteiger partial charge is 0.533 e. The summed E-state index contributed by atoms with van der Waals surface area (Å²) >= 11 is 0. The van der Waals surface area contributed by atoms with Crippen LogP contribution in [0.3, 0.4) is 0 Å². The van der Waals surface area contributed by atoms with Gasteiger partial charge in [0.25, 0.3) is 0 Å². The molecule has 39 heavy (non-hydrogen) atoms. The SMILES string of the molecule is CCC(Nc1ncnc(N=[N+]=[N-])n1)([Si](OC(C)C)(OC(C)C)OC(C)C)[Si](OC(C)C)(OC(C)C)OC(C)C. The first-order valence-corrected chi connectivity index (χ1v) is 17.1. The van der Waals surface area contributed by atoms with Crippen molar-refractivity contribution in [2.75, 3.05) is 5.32 Å². The predicted molar refractivity (Wildman–Crippen MR) is 154 cm³/mol. The molecule has 13 nitrogen and oxygen atoms in total. The molecule has 0 radical (unpaired) electrons. The van der Waals surface area contributed by atoms with E-state index in [1.807, 2.05) is 90.0 Å². The topological polar surface area (TPSA) is 155 Å². The minimum Gasteiger partial charge on any atom is -0.370 e. The van der Waals surface area contributed by atoms with E-state index < -0.39 is 22.4 Å². The molecule has 0 fully saturated rings. The van der Waals surface area contributed by atoms with Gasteiger partial charge in [0.1, 0.15) is 6.33 Å². The normalized spacial score (nSPS) is 13.3. The second-order valence-electron chi connectivity index (χ2n) is 10.8. The number of rotatable bonds is 18. The summed E-state index contributed by atoms with van der Waals surface area (Å²) in [6.45, 7) is 25.1. The molecule has 0 bridgehead atoms. The summed E-state index contributed by atoms with van der Waals surface area (Å²) in [5.74, 6) is 0.0142. The third-order valence-corrected chi connectivity index (χ3v) is 14.5. The Morgan fingerprint density at radius 1 is 0.744 bits per heavy atom. The molecule has 1 N–H and O–H groups in total. The van der Waals surface area contributed by atoms with Crippen molar-refractivity contribution in [1.82, 2.24) is 15.0 Å². The van der Waals surface area contributed by atoms with E-state index in [0.717, 1.165) is 0 Å². The summed E-state index contributed by atoms with van der Waals surface area (Å²) in [6.07, 6.45) is -0.133. The summed E-state index contributed by atoms with van der Waals surface area (Å²) < 4.78 is 40.7. The van der Waals surface area contributed by atoms with E-state index in [2.05, 4.69) is 30.3 Å². The summed E-state index contributed by atoms with van der Waals surface area (Å²) in [7, 11) is -7.89. The van der Waals surface area contributed by atoms with Crippen LogP contribution in [0.2, 0.25) is 0 Å². The first-order chi connectivity index (χ1) is 18.1. The molecule has 0 unspecified atom stereocenters. The van der Waals surface area contributed by atoms with E-state index in [-0.39, 0.29) is 48.5 Å². The van der Waals surface area contributed by atoms with Crippen molar-refractivity contribution in [3.63, 3.8) is 0 Å². The van der Waals surface area contributed by atoms with Gasteiger partial charge in [0, 0.05) is 41.5 Å². The maximum absolute atomic E-state index is 8.97. The molecule has 0 saturated carbocycles. The van der Waals surface area contributed by atoms with Crippen LogP contribution in [-0.4, -0.2) is 74.0 Å². The fourth-order valence-electron chi connectivity index (χ4n) is 4.12. The Hall–Kier alpha value is -1.69. The Balaban J connectivity index is 4.34. The van der Waals surface area contributed by atoms with Gasteiger partial charge in [-0.2, -0.15) is 4.98 Å². The summed E-state index contributed by atoms with van der Waals surface area (Å²) in [5, 5.41) is 7.03.